The van der Waals surface area contributed by atoms with Crippen LogP contribution in [-0.2, 0) is 13.2 Å². The van der Waals surface area contributed by atoms with Gasteiger partial charge in [-0.05, 0) is 37.5 Å². The number of benzene rings is 1. The molecule has 0 amide bonds. The van der Waals surface area contributed by atoms with Gasteiger partial charge in [-0.15, -0.1) is 0 Å². The van der Waals surface area contributed by atoms with Crippen LogP contribution >= 0.6 is 11.6 Å². The second-order valence-corrected chi connectivity index (χ2v) is 5.41. The fourth-order valence-electron chi connectivity index (χ4n) is 1.85. The lowest BCUT2D eigenvalue weighted by Crippen LogP contribution is -2.15. The maximum absolute atomic E-state index is 6.23. The summed E-state index contributed by atoms with van der Waals surface area (Å²) in [4.78, 5) is 0. The largest absolute Gasteiger partial charge is 0.486 e. The second-order valence-electron chi connectivity index (χ2n) is 5.00. The van der Waals surface area contributed by atoms with Crippen LogP contribution in [0.15, 0.2) is 22.8 Å². The van der Waals surface area contributed by atoms with Gasteiger partial charge in [-0.1, -0.05) is 28.0 Å². The van der Waals surface area contributed by atoms with Crippen LogP contribution in [0.3, 0.4) is 0 Å². The molecule has 2 aromatic rings. The van der Waals surface area contributed by atoms with Crippen LogP contribution in [0.5, 0.6) is 5.75 Å². The average molecular weight is 294 g/mol. The highest BCUT2D eigenvalue weighted by atomic mass is 35.5. The van der Waals surface area contributed by atoms with Gasteiger partial charge in [0.2, 0.25) is 0 Å². The van der Waals surface area contributed by atoms with Crippen LogP contribution in [0.2, 0.25) is 5.02 Å². The quantitative estimate of drug-likeness (QED) is 0.887. The van der Waals surface area contributed by atoms with E-state index in [1.165, 1.54) is 12.8 Å². The molecule has 1 N–H and O–H groups in total. The summed E-state index contributed by atoms with van der Waals surface area (Å²) in [7, 11) is 0. The number of nitrogens with zero attached hydrogens (tertiary/aromatic N) is 2. The number of aromatic nitrogens is 2. The smallest absolute Gasteiger partial charge is 0.145 e. The molecule has 0 saturated heterocycles. The van der Waals surface area contributed by atoms with Crippen molar-refractivity contribution >= 4 is 11.6 Å². The van der Waals surface area contributed by atoms with E-state index in [0.29, 0.717) is 29.1 Å². The Morgan fingerprint density at radius 1 is 1.40 bits per heavy atom. The molecule has 1 heterocycles. The molecule has 0 spiro atoms. The van der Waals surface area contributed by atoms with Gasteiger partial charge in [0.1, 0.15) is 23.7 Å². The zero-order valence-corrected chi connectivity index (χ0v) is 12.0. The third kappa shape index (κ3) is 3.29. The second kappa shape index (κ2) is 5.81. The third-order valence-electron chi connectivity index (χ3n) is 3.28. The highest BCUT2D eigenvalue weighted by molar-refractivity contribution is 6.32. The maximum atomic E-state index is 6.23. The summed E-state index contributed by atoms with van der Waals surface area (Å²) in [5.74, 6) is 0.643. The summed E-state index contributed by atoms with van der Waals surface area (Å²) in [5, 5.41) is 11.5. The number of aryl methyl sites for hydroxylation is 1. The Kier molecular flexibility index (Phi) is 3.89. The first-order valence-electron chi connectivity index (χ1n) is 6.65. The van der Waals surface area contributed by atoms with Gasteiger partial charge in [0.25, 0.3) is 0 Å². The van der Waals surface area contributed by atoms with Crippen LogP contribution in [0.4, 0.5) is 0 Å². The van der Waals surface area contributed by atoms with E-state index in [-0.39, 0.29) is 0 Å². The van der Waals surface area contributed by atoms with E-state index in [4.69, 9.17) is 16.3 Å². The molecule has 1 saturated carbocycles. The molecule has 1 aromatic heterocycles. The minimum atomic E-state index is 0.300. The Hall–Kier alpha value is -1.59. The normalized spacial score (nSPS) is 14.5. The molecule has 6 heteroatoms. The Morgan fingerprint density at radius 2 is 2.25 bits per heavy atom. The molecule has 5 nitrogen and oxygen atoms in total. The van der Waals surface area contributed by atoms with Gasteiger partial charge < -0.3 is 10.1 Å². The number of rotatable bonds is 6. The van der Waals surface area contributed by atoms with Crippen molar-refractivity contribution in [2.24, 2.45) is 0 Å². The molecule has 106 valence electrons. The zero-order valence-electron chi connectivity index (χ0n) is 11.2. The number of hydrogen-bond donors (Lipinski definition) is 1. The van der Waals surface area contributed by atoms with Crippen molar-refractivity contribution in [3.8, 4) is 5.75 Å². The molecule has 0 bridgehead atoms. The van der Waals surface area contributed by atoms with E-state index in [1.54, 1.807) is 0 Å². The molecule has 0 atom stereocenters. The van der Waals surface area contributed by atoms with Crippen molar-refractivity contribution in [3.05, 3.63) is 40.2 Å². The van der Waals surface area contributed by atoms with Crippen molar-refractivity contribution in [2.75, 3.05) is 0 Å². The topological polar surface area (TPSA) is 60.2 Å². The maximum Gasteiger partial charge on any atom is 0.145 e. The first-order valence-corrected chi connectivity index (χ1v) is 7.03. The highest BCUT2D eigenvalue weighted by Gasteiger charge is 2.20. The predicted octanol–water partition coefficient (Wildman–Crippen LogP) is 2.86. The molecule has 20 heavy (non-hydrogen) atoms. The first kappa shape index (κ1) is 13.4. The molecule has 1 fully saturated rings. The van der Waals surface area contributed by atoms with E-state index in [0.717, 1.165) is 17.8 Å². The summed E-state index contributed by atoms with van der Waals surface area (Å²) in [5.41, 5.74) is 2.57. The minimum absolute atomic E-state index is 0.300. The van der Waals surface area contributed by atoms with Gasteiger partial charge in [-0.25, -0.2) is 4.63 Å². The molecular formula is C14H16ClN3O2. The number of hydrogen-bond acceptors (Lipinski definition) is 5. The van der Waals surface area contributed by atoms with E-state index in [9.17, 15) is 0 Å². The zero-order chi connectivity index (χ0) is 13.9. The Morgan fingerprint density at radius 3 is 2.90 bits per heavy atom. The molecule has 3 rings (SSSR count). The lowest BCUT2D eigenvalue weighted by Gasteiger charge is -2.09. The van der Waals surface area contributed by atoms with Crippen LogP contribution in [0.25, 0.3) is 0 Å². The number of halogens is 1. The Bertz CT molecular complexity index is 596. The van der Waals surface area contributed by atoms with Gasteiger partial charge in [-0.3, -0.25) is 0 Å². The van der Waals surface area contributed by atoms with Gasteiger partial charge >= 0.3 is 0 Å². The predicted molar refractivity (Wildman–Crippen MR) is 74.7 cm³/mol. The fourth-order valence-corrected chi connectivity index (χ4v) is 2.11. The standard InChI is InChI=1S/C14H16ClN3O2/c1-9-13(18-20-17-9)8-19-14-5-2-10(6-12(14)15)7-16-11-3-4-11/h2,5-6,11,16H,3-4,7-8H2,1H3. The van der Waals surface area contributed by atoms with Crippen LogP contribution in [0, 0.1) is 6.92 Å². The molecule has 1 aliphatic carbocycles. The van der Waals surface area contributed by atoms with Crippen molar-refractivity contribution in [1.29, 1.82) is 0 Å². The van der Waals surface area contributed by atoms with Crippen LogP contribution in [0.1, 0.15) is 29.8 Å². The summed E-state index contributed by atoms with van der Waals surface area (Å²) < 4.78 is 10.3. The van der Waals surface area contributed by atoms with Crippen molar-refractivity contribution in [3.63, 3.8) is 0 Å². The Labute approximate surface area is 122 Å². The molecule has 0 radical (unpaired) electrons. The molecule has 0 aliphatic heterocycles. The van der Waals surface area contributed by atoms with Gasteiger partial charge in [0.05, 0.1) is 5.02 Å². The van der Waals surface area contributed by atoms with Gasteiger partial charge in [0.15, 0.2) is 0 Å². The number of ether oxygens (including phenoxy) is 1. The monoisotopic (exact) mass is 293 g/mol. The summed E-state index contributed by atoms with van der Waals surface area (Å²) in [6.07, 6.45) is 2.56. The lowest BCUT2D eigenvalue weighted by atomic mass is 10.2. The van der Waals surface area contributed by atoms with E-state index in [1.807, 2.05) is 25.1 Å². The van der Waals surface area contributed by atoms with Gasteiger partial charge in [-0.2, -0.15) is 0 Å². The summed E-state index contributed by atoms with van der Waals surface area (Å²) >= 11 is 6.23. The SMILES string of the molecule is Cc1nonc1COc1ccc(CNC2CC2)cc1Cl. The van der Waals surface area contributed by atoms with Crippen LogP contribution < -0.4 is 10.1 Å². The first-order chi connectivity index (χ1) is 9.72. The van der Waals surface area contributed by atoms with E-state index in [2.05, 4.69) is 20.3 Å². The molecular weight excluding hydrogens is 278 g/mol. The van der Waals surface area contributed by atoms with Crippen molar-refractivity contribution < 1.29 is 9.37 Å². The molecule has 1 aromatic carbocycles. The molecule has 1 aliphatic rings. The van der Waals surface area contributed by atoms with E-state index >= 15 is 0 Å². The highest BCUT2D eigenvalue weighted by Crippen LogP contribution is 2.27. The van der Waals surface area contributed by atoms with Gasteiger partial charge in [0, 0.05) is 12.6 Å². The fraction of sp³-hybridized carbons (Fsp3) is 0.429. The third-order valence-corrected chi connectivity index (χ3v) is 3.57. The van der Waals surface area contributed by atoms with Crippen molar-refractivity contribution in [2.45, 2.75) is 39.0 Å². The number of nitrogens with one attached hydrogen (secondary N) is 1. The van der Waals surface area contributed by atoms with E-state index < -0.39 is 0 Å². The average Bonchev–Trinajstić information content (AvgIpc) is 3.18. The van der Waals surface area contributed by atoms with Crippen molar-refractivity contribution in [1.82, 2.24) is 15.6 Å². The lowest BCUT2D eigenvalue weighted by molar-refractivity contribution is 0.270. The van der Waals surface area contributed by atoms with Crippen LogP contribution in [-0.4, -0.2) is 16.4 Å². The summed E-state index contributed by atoms with van der Waals surface area (Å²) in [6.45, 7) is 2.97. The molecule has 0 unspecified atom stereocenters. The minimum Gasteiger partial charge on any atom is -0.486 e. The Balaban J connectivity index is 1.60. The summed E-state index contributed by atoms with van der Waals surface area (Å²) in [6, 6.07) is 6.52.